The van der Waals surface area contributed by atoms with Crippen molar-refractivity contribution < 1.29 is 22.7 Å². The molecule has 1 saturated carbocycles. The monoisotopic (exact) mass is 455 g/mol. The van der Waals surface area contributed by atoms with Gasteiger partial charge >= 0.3 is 0 Å². The summed E-state index contributed by atoms with van der Waals surface area (Å²) in [7, 11) is -4.01. The van der Waals surface area contributed by atoms with Crippen LogP contribution in [0.3, 0.4) is 0 Å². The second-order valence-electron chi connectivity index (χ2n) is 8.35. The van der Waals surface area contributed by atoms with Crippen LogP contribution in [0, 0.1) is 5.92 Å². The molecular formula is C20H26ClN3O5S. The van der Waals surface area contributed by atoms with E-state index in [1.165, 1.54) is 16.4 Å². The Balaban J connectivity index is 1.54. The van der Waals surface area contributed by atoms with Gasteiger partial charge in [0.05, 0.1) is 10.7 Å². The average Bonchev–Trinajstić information content (AvgIpc) is 3.20. The highest BCUT2D eigenvalue weighted by molar-refractivity contribution is 7.89. The zero-order valence-corrected chi connectivity index (χ0v) is 18.4. The number of amides is 2. The van der Waals surface area contributed by atoms with E-state index in [9.17, 15) is 18.0 Å². The number of rotatable bonds is 4. The molecule has 1 aromatic carbocycles. The van der Waals surface area contributed by atoms with Crippen LogP contribution in [0.5, 0.6) is 5.75 Å². The number of carbonyl (C=O) groups excluding carboxylic acids is 2. The predicted octanol–water partition coefficient (Wildman–Crippen LogP) is 2.52. The Hall–Kier alpha value is -1.84. The molecule has 30 heavy (non-hydrogen) atoms. The fourth-order valence-corrected chi connectivity index (χ4v) is 6.57. The first-order valence-corrected chi connectivity index (χ1v) is 12.2. The summed E-state index contributed by atoms with van der Waals surface area (Å²) >= 11 is 6.26. The second kappa shape index (κ2) is 8.36. The van der Waals surface area contributed by atoms with E-state index in [1.807, 2.05) is 0 Å². The number of ether oxygens (including phenoxy) is 1. The molecule has 1 atom stereocenters. The maximum atomic E-state index is 13.4. The molecule has 0 spiro atoms. The molecule has 1 aliphatic carbocycles. The Morgan fingerprint density at radius 3 is 2.70 bits per heavy atom. The molecule has 2 heterocycles. The molecule has 0 bridgehead atoms. The quantitative estimate of drug-likeness (QED) is 0.725. The molecular weight excluding hydrogens is 430 g/mol. The van der Waals surface area contributed by atoms with Crippen molar-refractivity contribution >= 4 is 39.1 Å². The maximum Gasteiger partial charge on any atom is 0.262 e. The number of hydrogen-bond donors (Lipinski definition) is 2. The van der Waals surface area contributed by atoms with Crippen molar-refractivity contribution in [2.45, 2.75) is 62.4 Å². The summed E-state index contributed by atoms with van der Waals surface area (Å²) in [6.07, 6.45) is 5.06. The number of sulfonamides is 1. The van der Waals surface area contributed by atoms with Crippen LogP contribution in [0.1, 0.15) is 45.4 Å². The Morgan fingerprint density at radius 1 is 1.23 bits per heavy atom. The van der Waals surface area contributed by atoms with Gasteiger partial charge in [-0.1, -0.05) is 18.5 Å². The summed E-state index contributed by atoms with van der Waals surface area (Å²) in [5.41, 5.74) is 0.331. The predicted molar refractivity (Wildman–Crippen MR) is 112 cm³/mol. The van der Waals surface area contributed by atoms with Crippen LogP contribution in [0.25, 0.3) is 0 Å². The van der Waals surface area contributed by atoms with Crippen molar-refractivity contribution in [3.05, 3.63) is 17.2 Å². The molecule has 2 aliphatic heterocycles. The van der Waals surface area contributed by atoms with Crippen LogP contribution < -0.4 is 15.4 Å². The Kier molecular flexibility index (Phi) is 5.96. The lowest BCUT2D eigenvalue weighted by Crippen LogP contribution is -2.49. The summed E-state index contributed by atoms with van der Waals surface area (Å²) in [4.78, 5) is 24.3. The zero-order chi connectivity index (χ0) is 21.5. The fourth-order valence-electron chi connectivity index (χ4n) is 4.40. The van der Waals surface area contributed by atoms with Crippen LogP contribution in [0.4, 0.5) is 5.69 Å². The van der Waals surface area contributed by atoms with Crippen molar-refractivity contribution in [2.24, 2.45) is 5.92 Å². The van der Waals surface area contributed by atoms with E-state index in [0.717, 1.165) is 25.7 Å². The van der Waals surface area contributed by atoms with E-state index < -0.39 is 16.1 Å². The SMILES string of the molecule is CC1CCC(NC(=O)[C@@H]2CCCN2S(=O)(=O)c2cc3c(cc2Cl)NC(=O)CO3)CC1. The van der Waals surface area contributed by atoms with E-state index >= 15 is 0 Å². The molecule has 8 nitrogen and oxygen atoms in total. The number of fused-ring (bicyclic) bond motifs is 1. The first-order chi connectivity index (χ1) is 14.3. The summed E-state index contributed by atoms with van der Waals surface area (Å²) in [6.45, 7) is 2.27. The minimum absolute atomic E-state index is 0.0214. The lowest BCUT2D eigenvalue weighted by molar-refractivity contribution is -0.125. The molecule has 164 valence electrons. The first-order valence-electron chi connectivity index (χ1n) is 10.3. The van der Waals surface area contributed by atoms with Gasteiger partial charge < -0.3 is 15.4 Å². The van der Waals surface area contributed by atoms with Gasteiger partial charge in [0.2, 0.25) is 15.9 Å². The van der Waals surface area contributed by atoms with Crippen molar-refractivity contribution in [3.8, 4) is 5.75 Å². The number of benzene rings is 1. The lowest BCUT2D eigenvalue weighted by Gasteiger charge is -2.30. The van der Waals surface area contributed by atoms with Gasteiger partial charge in [0.1, 0.15) is 16.7 Å². The van der Waals surface area contributed by atoms with Gasteiger partial charge in [0.15, 0.2) is 6.61 Å². The Morgan fingerprint density at radius 2 is 1.97 bits per heavy atom. The zero-order valence-electron chi connectivity index (χ0n) is 16.8. The molecule has 2 amide bonds. The Bertz CT molecular complexity index is 959. The van der Waals surface area contributed by atoms with Crippen molar-refractivity contribution in [3.63, 3.8) is 0 Å². The highest BCUT2D eigenvalue weighted by atomic mass is 35.5. The van der Waals surface area contributed by atoms with E-state index in [0.29, 0.717) is 24.4 Å². The van der Waals surface area contributed by atoms with Crippen LogP contribution in [-0.4, -0.2) is 49.8 Å². The third-order valence-electron chi connectivity index (χ3n) is 6.12. The minimum atomic E-state index is -4.01. The number of nitrogens with one attached hydrogen (secondary N) is 2. The standard InChI is InChI=1S/C20H26ClN3O5S/c1-12-4-6-13(7-5-12)22-20(26)16-3-2-8-24(16)30(27,28)18-10-17-15(9-14(18)21)23-19(25)11-29-17/h9-10,12-13,16H,2-8,11H2,1H3,(H,22,26)(H,23,25)/t12?,13?,16-/m0/s1. The molecule has 2 N–H and O–H groups in total. The third kappa shape index (κ3) is 4.15. The van der Waals surface area contributed by atoms with Crippen LogP contribution in [0.2, 0.25) is 5.02 Å². The van der Waals surface area contributed by atoms with Crippen LogP contribution >= 0.6 is 11.6 Å². The third-order valence-corrected chi connectivity index (χ3v) is 8.50. The largest absolute Gasteiger partial charge is 0.482 e. The van der Waals surface area contributed by atoms with Crippen molar-refractivity contribution in [1.29, 1.82) is 0 Å². The Labute approximate surface area is 181 Å². The van der Waals surface area contributed by atoms with Gasteiger partial charge in [-0.2, -0.15) is 4.31 Å². The highest BCUT2D eigenvalue weighted by Gasteiger charge is 2.41. The number of hydrogen-bond acceptors (Lipinski definition) is 5. The normalized spacial score (nSPS) is 27.1. The molecule has 10 heteroatoms. The molecule has 3 aliphatic rings. The maximum absolute atomic E-state index is 13.4. The topological polar surface area (TPSA) is 105 Å². The van der Waals surface area contributed by atoms with E-state index in [-0.39, 0.29) is 46.7 Å². The van der Waals surface area contributed by atoms with Gasteiger partial charge in [0.25, 0.3) is 5.91 Å². The van der Waals surface area contributed by atoms with Crippen molar-refractivity contribution in [2.75, 3.05) is 18.5 Å². The molecule has 2 fully saturated rings. The molecule has 1 aromatic rings. The number of carbonyl (C=O) groups is 2. The fraction of sp³-hybridized carbons (Fsp3) is 0.600. The highest BCUT2D eigenvalue weighted by Crippen LogP contribution is 2.38. The molecule has 4 rings (SSSR count). The van der Waals surface area contributed by atoms with Gasteiger partial charge in [-0.15, -0.1) is 0 Å². The minimum Gasteiger partial charge on any atom is -0.482 e. The summed E-state index contributed by atoms with van der Waals surface area (Å²) in [5.74, 6) is 0.338. The summed E-state index contributed by atoms with van der Waals surface area (Å²) < 4.78 is 33.3. The number of halogens is 1. The van der Waals surface area contributed by atoms with E-state index in [2.05, 4.69) is 17.6 Å². The van der Waals surface area contributed by atoms with Crippen molar-refractivity contribution in [1.82, 2.24) is 9.62 Å². The van der Waals surface area contributed by atoms with E-state index in [1.54, 1.807) is 0 Å². The summed E-state index contributed by atoms with van der Waals surface area (Å²) in [5, 5.41) is 5.64. The van der Waals surface area contributed by atoms with Gasteiger partial charge in [-0.3, -0.25) is 9.59 Å². The molecule has 0 unspecified atom stereocenters. The molecule has 0 aromatic heterocycles. The lowest BCUT2D eigenvalue weighted by atomic mass is 9.87. The van der Waals surface area contributed by atoms with Crippen LogP contribution in [-0.2, 0) is 19.6 Å². The number of anilines is 1. The van der Waals surface area contributed by atoms with Gasteiger partial charge in [-0.25, -0.2) is 8.42 Å². The molecule has 0 radical (unpaired) electrons. The summed E-state index contributed by atoms with van der Waals surface area (Å²) in [6, 6.07) is 2.04. The first kappa shape index (κ1) is 21.4. The smallest absolute Gasteiger partial charge is 0.262 e. The average molecular weight is 456 g/mol. The van der Waals surface area contributed by atoms with Crippen LogP contribution in [0.15, 0.2) is 17.0 Å². The second-order valence-corrected chi connectivity index (χ2v) is 10.6. The van der Waals surface area contributed by atoms with Gasteiger partial charge in [-0.05, 0) is 50.5 Å². The molecule has 1 saturated heterocycles. The van der Waals surface area contributed by atoms with E-state index in [4.69, 9.17) is 16.3 Å². The van der Waals surface area contributed by atoms with Gasteiger partial charge in [0, 0.05) is 18.7 Å². The number of nitrogens with zero attached hydrogens (tertiary/aromatic N) is 1.